The number of aromatic nitrogens is 2. The summed E-state index contributed by atoms with van der Waals surface area (Å²) < 4.78 is 1.91. The number of hydrogen-bond donors (Lipinski definition) is 1. The van der Waals surface area contributed by atoms with Crippen molar-refractivity contribution in [3.63, 3.8) is 0 Å². The third-order valence-electron chi connectivity index (χ3n) is 2.79. The predicted molar refractivity (Wildman–Crippen MR) is 96.4 cm³/mol. The first kappa shape index (κ1) is 16.8. The number of hydrogen-bond acceptors (Lipinski definition) is 4. The fraction of sp³-hybridized carbons (Fsp3) is 0.333. The minimum Gasteiger partial charge on any atom is -0.383 e. The Kier molecular flexibility index (Phi) is 6.08. The van der Waals surface area contributed by atoms with Gasteiger partial charge in [-0.15, -0.1) is 11.8 Å². The second-order valence-electron chi connectivity index (χ2n) is 5.10. The van der Waals surface area contributed by atoms with Crippen molar-refractivity contribution in [3.8, 4) is 0 Å². The molecule has 0 aliphatic heterocycles. The van der Waals surface area contributed by atoms with Gasteiger partial charge in [0, 0.05) is 9.37 Å². The lowest BCUT2D eigenvalue weighted by molar-refractivity contribution is 0.630. The minimum atomic E-state index is 0.517. The molecule has 1 aromatic carbocycles. The first-order valence-corrected chi connectivity index (χ1v) is 9.22. The number of nitrogens with zero attached hydrogens (tertiary/aromatic N) is 2. The molecule has 0 saturated heterocycles. The summed E-state index contributed by atoms with van der Waals surface area (Å²) in [5.41, 5.74) is 6.97. The van der Waals surface area contributed by atoms with Gasteiger partial charge in [-0.3, -0.25) is 0 Å². The van der Waals surface area contributed by atoms with Gasteiger partial charge in [0.25, 0.3) is 0 Å². The zero-order valence-corrected chi connectivity index (χ0v) is 15.9. The normalized spacial score (nSPS) is 11.1. The third-order valence-corrected chi connectivity index (χ3v) is 5.67. The van der Waals surface area contributed by atoms with Gasteiger partial charge in [-0.25, -0.2) is 9.97 Å². The summed E-state index contributed by atoms with van der Waals surface area (Å²) in [5, 5.41) is 0. The summed E-state index contributed by atoms with van der Waals surface area (Å²) in [6.07, 6.45) is 0.889. The van der Waals surface area contributed by atoms with Crippen molar-refractivity contribution in [3.05, 3.63) is 44.7 Å². The number of thioether (sulfide) groups is 1. The zero-order chi connectivity index (χ0) is 15.4. The molecule has 2 N–H and O–H groups in total. The molecule has 0 unspecified atom stereocenters. The highest BCUT2D eigenvalue weighted by molar-refractivity contribution is 9.11. The Bertz CT molecular complexity index is 632. The van der Waals surface area contributed by atoms with E-state index < -0.39 is 0 Å². The molecule has 1 heterocycles. The van der Waals surface area contributed by atoms with Crippen LogP contribution in [0.3, 0.4) is 0 Å². The molecule has 21 heavy (non-hydrogen) atoms. The Morgan fingerprint density at radius 2 is 1.90 bits per heavy atom. The first-order valence-electron chi connectivity index (χ1n) is 6.65. The highest BCUT2D eigenvalue weighted by Gasteiger charge is 2.12. The van der Waals surface area contributed by atoms with E-state index in [1.807, 2.05) is 18.2 Å². The second kappa shape index (κ2) is 7.61. The highest BCUT2D eigenvalue weighted by Crippen LogP contribution is 2.30. The van der Waals surface area contributed by atoms with Crippen molar-refractivity contribution >= 4 is 49.4 Å². The van der Waals surface area contributed by atoms with Gasteiger partial charge < -0.3 is 5.73 Å². The fourth-order valence-electron chi connectivity index (χ4n) is 1.86. The van der Waals surface area contributed by atoms with Gasteiger partial charge in [0.05, 0.1) is 15.9 Å². The van der Waals surface area contributed by atoms with Crippen molar-refractivity contribution < 1.29 is 0 Å². The summed E-state index contributed by atoms with van der Waals surface area (Å²) in [6, 6.07) is 8.13. The van der Waals surface area contributed by atoms with E-state index >= 15 is 0 Å². The molecule has 0 aliphatic rings. The molecule has 0 fully saturated rings. The van der Waals surface area contributed by atoms with Crippen LogP contribution in [0, 0.1) is 5.92 Å². The van der Waals surface area contributed by atoms with E-state index in [9.17, 15) is 0 Å². The molecule has 3 nitrogen and oxygen atoms in total. The number of rotatable bonds is 5. The van der Waals surface area contributed by atoms with E-state index in [-0.39, 0.29) is 0 Å². The maximum absolute atomic E-state index is 5.98. The van der Waals surface area contributed by atoms with Crippen LogP contribution in [0.1, 0.15) is 25.4 Å². The van der Waals surface area contributed by atoms with Gasteiger partial charge in [-0.2, -0.15) is 0 Å². The van der Waals surface area contributed by atoms with E-state index in [0.717, 1.165) is 26.9 Å². The lowest BCUT2D eigenvalue weighted by Gasteiger charge is -2.11. The van der Waals surface area contributed by atoms with E-state index in [2.05, 4.69) is 61.7 Å². The third kappa shape index (κ3) is 4.69. The van der Waals surface area contributed by atoms with Gasteiger partial charge in [0.1, 0.15) is 11.6 Å². The monoisotopic (exact) mass is 429 g/mol. The molecule has 0 saturated carbocycles. The molecule has 0 bridgehead atoms. The van der Waals surface area contributed by atoms with E-state index in [1.165, 1.54) is 4.90 Å². The molecular formula is C15H17Br2N3S. The molecule has 0 aliphatic carbocycles. The SMILES string of the molecule is CC(C)Cc1nc(CSc2ccccc2Br)nc(N)c1Br. The molecule has 0 atom stereocenters. The molecule has 6 heteroatoms. The van der Waals surface area contributed by atoms with Crippen LogP contribution in [0.25, 0.3) is 0 Å². The van der Waals surface area contributed by atoms with Crippen LogP contribution in [-0.2, 0) is 12.2 Å². The average Bonchev–Trinajstić information content (AvgIpc) is 2.42. The first-order chi connectivity index (χ1) is 9.97. The lowest BCUT2D eigenvalue weighted by atomic mass is 10.1. The van der Waals surface area contributed by atoms with Gasteiger partial charge in [-0.1, -0.05) is 26.0 Å². The molecular weight excluding hydrogens is 414 g/mol. The molecule has 2 aromatic rings. The molecule has 2 rings (SSSR count). The smallest absolute Gasteiger partial charge is 0.141 e. The van der Waals surface area contributed by atoms with Crippen molar-refractivity contribution in [2.24, 2.45) is 5.92 Å². The van der Waals surface area contributed by atoms with Crippen LogP contribution in [0.4, 0.5) is 5.82 Å². The summed E-state index contributed by atoms with van der Waals surface area (Å²) >= 11 is 8.73. The second-order valence-corrected chi connectivity index (χ2v) is 7.77. The average molecular weight is 431 g/mol. The maximum atomic E-state index is 5.98. The Morgan fingerprint density at radius 1 is 1.19 bits per heavy atom. The molecule has 112 valence electrons. The van der Waals surface area contributed by atoms with Crippen LogP contribution < -0.4 is 5.73 Å². The van der Waals surface area contributed by atoms with Gasteiger partial charge in [0.15, 0.2) is 0 Å². The van der Waals surface area contributed by atoms with Crippen LogP contribution in [0.15, 0.2) is 38.1 Å². The zero-order valence-electron chi connectivity index (χ0n) is 11.9. The van der Waals surface area contributed by atoms with Crippen LogP contribution in [-0.4, -0.2) is 9.97 Å². The maximum Gasteiger partial charge on any atom is 0.141 e. The molecule has 1 aromatic heterocycles. The Morgan fingerprint density at radius 3 is 2.57 bits per heavy atom. The quantitative estimate of drug-likeness (QED) is 0.672. The molecule has 0 spiro atoms. The fourth-order valence-corrected chi connectivity index (χ4v) is 3.62. The number of anilines is 1. The van der Waals surface area contributed by atoms with E-state index in [1.54, 1.807) is 11.8 Å². The van der Waals surface area contributed by atoms with Crippen molar-refractivity contribution in [1.82, 2.24) is 9.97 Å². The molecule has 0 amide bonds. The lowest BCUT2D eigenvalue weighted by Crippen LogP contribution is -2.07. The van der Waals surface area contributed by atoms with Gasteiger partial charge >= 0.3 is 0 Å². The topological polar surface area (TPSA) is 51.8 Å². The number of nitrogens with two attached hydrogens (primary N) is 1. The summed E-state index contributed by atoms with van der Waals surface area (Å²) in [4.78, 5) is 10.2. The number of benzene rings is 1. The van der Waals surface area contributed by atoms with Crippen LogP contribution in [0.2, 0.25) is 0 Å². The standard InChI is InChI=1S/C15H17Br2N3S/c1-9(2)7-11-14(17)15(18)20-13(19-11)8-21-12-6-4-3-5-10(12)16/h3-6,9H,7-8H2,1-2H3,(H2,18,19,20). The summed E-state index contributed by atoms with van der Waals surface area (Å²) in [5.74, 6) is 2.51. The van der Waals surface area contributed by atoms with Gasteiger partial charge in [-0.05, 0) is 56.3 Å². The highest BCUT2D eigenvalue weighted by atomic mass is 79.9. The summed E-state index contributed by atoms with van der Waals surface area (Å²) in [7, 11) is 0. The Labute approximate surface area is 146 Å². The van der Waals surface area contributed by atoms with Crippen LogP contribution in [0.5, 0.6) is 0 Å². The van der Waals surface area contributed by atoms with Crippen molar-refractivity contribution in [1.29, 1.82) is 0 Å². The number of halogens is 2. The van der Waals surface area contributed by atoms with Crippen molar-refractivity contribution in [2.45, 2.75) is 30.9 Å². The largest absolute Gasteiger partial charge is 0.383 e. The van der Waals surface area contributed by atoms with E-state index in [4.69, 9.17) is 5.73 Å². The van der Waals surface area contributed by atoms with Crippen molar-refractivity contribution in [2.75, 3.05) is 5.73 Å². The Balaban J connectivity index is 2.17. The minimum absolute atomic E-state index is 0.517. The number of nitrogen functional groups attached to an aromatic ring is 1. The van der Waals surface area contributed by atoms with Gasteiger partial charge in [0.2, 0.25) is 0 Å². The van der Waals surface area contributed by atoms with E-state index in [0.29, 0.717) is 17.5 Å². The Hall–Kier alpha value is -0.590. The van der Waals surface area contributed by atoms with Crippen LogP contribution >= 0.6 is 43.6 Å². The predicted octanol–water partition coefficient (Wildman–Crippen LogP) is 5.07. The molecule has 0 radical (unpaired) electrons. The summed E-state index contributed by atoms with van der Waals surface area (Å²) in [6.45, 7) is 4.33.